The van der Waals surface area contributed by atoms with E-state index in [0.717, 1.165) is 53.0 Å². The van der Waals surface area contributed by atoms with Crippen LogP contribution in [-0.2, 0) is 12.8 Å². The van der Waals surface area contributed by atoms with Crippen molar-refractivity contribution in [3.8, 4) is 0 Å². The van der Waals surface area contributed by atoms with Crippen molar-refractivity contribution in [3.63, 3.8) is 0 Å². The fraction of sp³-hybridized carbons (Fsp3) is 0.250. The number of aliphatic imine (C=N–C) groups is 1. The molecule has 3 nitrogen and oxygen atoms in total. The molecule has 1 aliphatic rings. The normalized spacial score (nSPS) is 14.0. The minimum Gasteiger partial charge on any atom is -0.461 e. The highest BCUT2D eigenvalue weighted by atomic mass is 79.9. The molecule has 4 heteroatoms. The number of fused-ring (bicyclic) bond motifs is 1. The Morgan fingerprint density at radius 1 is 1.12 bits per heavy atom. The van der Waals surface area contributed by atoms with Crippen LogP contribution >= 0.6 is 15.9 Å². The Morgan fingerprint density at radius 2 is 1.96 bits per heavy atom. The number of nitrogens with zero attached hydrogens (tertiary/aromatic N) is 1. The van der Waals surface area contributed by atoms with Gasteiger partial charge in [0.25, 0.3) is 0 Å². The summed E-state index contributed by atoms with van der Waals surface area (Å²) in [6, 6.07) is 14.9. The first-order chi connectivity index (χ1) is 11.7. The van der Waals surface area contributed by atoms with Crippen LogP contribution < -0.4 is 5.32 Å². The lowest BCUT2D eigenvalue weighted by Crippen LogP contribution is -2.21. The predicted octanol–water partition coefficient (Wildman–Crippen LogP) is 4.64. The molecule has 0 saturated heterocycles. The number of benzene rings is 2. The lowest BCUT2D eigenvalue weighted by Gasteiger charge is -2.10. The first-order valence-corrected chi connectivity index (χ1v) is 9.05. The van der Waals surface area contributed by atoms with Gasteiger partial charge < -0.3 is 9.73 Å². The van der Waals surface area contributed by atoms with Crippen LogP contribution in [0.1, 0.15) is 22.5 Å². The highest BCUT2D eigenvalue weighted by Gasteiger charge is 2.13. The van der Waals surface area contributed by atoms with Crippen molar-refractivity contribution in [2.45, 2.75) is 19.8 Å². The first-order valence-electron chi connectivity index (χ1n) is 8.26. The molecule has 0 unspecified atom stereocenters. The lowest BCUT2D eigenvalue weighted by molar-refractivity contribution is 0.574. The molecule has 4 rings (SSSR count). The standard InChI is InChI=1S/C20H19BrN2O/c1-13-10-16-12-17(21)11-15(19(16)24-13)7-6-14-4-2-3-5-18(14)20-22-8-9-23-20/h2-5,10-12H,6-9H2,1H3,(H,22,23). The molecule has 0 saturated carbocycles. The van der Waals surface area contributed by atoms with E-state index >= 15 is 0 Å². The van der Waals surface area contributed by atoms with E-state index in [0.29, 0.717) is 0 Å². The van der Waals surface area contributed by atoms with Crippen molar-refractivity contribution in [2.24, 2.45) is 4.99 Å². The minimum atomic E-state index is 0.863. The molecule has 0 amide bonds. The Balaban J connectivity index is 1.64. The van der Waals surface area contributed by atoms with Gasteiger partial charge in [-0.1, -0.05) is 40.2 Å². The number of amidine groups is 1. The molecule has 0 radical (unpaired) electrons. The van der Waals surface area contributed by atoms with Crippen molar-refractivity contribution in [3.05, 3.63) is 69.4 Å². The molecule has 2 heterocycles. The summed E-state index contributed by atoms with van der Waals surface area (Å²) in [6.07, 6.45) is 1.90. The van der Waals surface area contributed by atoms with Crippen LogP contribution in [0.3, 0.4) is 0 Å². The van der Waals surface area contributed by atoms with Crippen LogP contribution in [0.2, 0.25) is 0 Å². The maximum absolute atomic E-state index is 5.92. The van der Waals surface area contributed by atoms with Crippen LogP contribution in [-0.4, -0.2) is 18.9 Å². The summed E-state index contributed by atoms with van der Waals surface area (Å²) in [5.41, 5.74) is 4.78. The molecule has 1 aromatic heterocycles. The number of hydrogen-bond donors (Lipinski definition) is 1. The molecule has 2 aromatic carbocycles. The predicted molar refractivity (Wildman–Crippen MR) is 102 cm³/mol. The van der Waals surface area contributed by atoms with Crippen molar-refractivity contribution >= 4 is 32.7 Å². The molecular formula is C20H19BrN2O. The Kier molecular flexibility index (Phi) is 4.15. The molecule has 0 bridgehead atoms. The summed E-state index contributed by atoms with van der Waals surface area (Å²) < 4.78 is 7.01. The summed E-state index contributed by atoms with van der Waals surface area (Å²) in [5, 5.41) is 4.54. The van der Waals surface area contributed by atoms with E-state index < -0.39 is 0 Å². The zero-order chi connectivity index (χ0) is 16.5. The summed E-state index contributed by atoms with van der Waals surface area (Å²) in [5.74, 6) is 1.98. The minimum absolute atomic E-state index is 0.863. The highest BCUT2D eigenvalue weighted by Crippen LogP contribution is 2.28. The van der Waals surface area contributed by atoms with Gasteiger partial charge in [0.1, 0.15) is 17.2 Å². The third kappa shape index (κ3) is 2.98. The van der Waals surface area contributed by atoms with Crippen LogP contribution in [0.4, 0.5) is 0 Å². The summed E-state index contributed by atoms with van der Waals surface area (Å²) in [6.45, 7) is 3.79. The molecular weight excluding hydrogens is 364 g/mol. The van der Waals surface area contributed by atoms with Crippen LogP contribution in [0.5, 0.6) is 0 Å². The van der Waals surface area contributed by atoms with Gasteiger partial charge in [-0.15, -0.1) is 0 Å². The van der Waals surface area contributed by atoms with Gasteiger partial charge in [-0.05, 0) is 49.1 Å². The van der Waals surface area contributed by atoms with Crippen molar-refractivity contribution in [1.82, 2.24) is 5.32 Å². The van der Waals surface area contributed by atoms with Gasteiger partial charge in [-0.3, -0.25) is 4.99 Å². The van der Waals surface area contributed by atoms with E-state index in [1.54, 1.807) is 0 Å². The zero-order valence-electron chi connectivity index (χ0n) is 13.6. The zero-order valence-corrected chi connectivity index (χ0v) is 15.2. The molecule has 3 aromatic rings. The molecule has 0 spiro atoms. The number of rotatable bonds is 4. The summed E-state index contributed by atoms with van der Waals surface area (Å²) in [7, 11) is 0. The van der Waals surface area contributed by atoms with Crippen molar-refractivity contribution in [1.29, 1.82) is 0 Å². The van der Waals surface area contributed by atoms with Gasteiger partial charge in [0.15, 0.2) is 0 Å². The third-order valence-electron chi connectivity index (χ3n) is 4.39. The molecule has 1 aliphatic heterocycles. The number of hydrogen-bond acceptors (Lipinski definition) is 3. The van der Waals surface area contributed by atoms with E-state index in [9.17, 15) is 0 Å². The van der Waals surface area contributed by atoms with Crippen LogP contribution in [0, 0.1) is 6.92 Å². The van der Waals surface area contributed by atoms with Crippen molar-refractivity contribution in [2.75, 3.05) is 13.1 Å². The first kappa shape index (κ1) is 15.5. The second-order valence-corrected chi connectivity index (χ2v) is 7.07. The van der Waals surface area contributed by atoms with E-state index in [2.05, 4.69) is 68.7 Å². The number of furan rings is 1. The molecule has 0 aliphatic carbocycles. The molecule has 24 heavy (non-hydrogen) atoms. The van der Waals surface area contributed by atoms with Gasteiger partial charge in [0.05, 0.1) is 6.54 Å². The summed E-state index contributed by atoms with van der Waals surface area (Å²) in [4.78, 5) is 4.57. The third-order valence-corrected chi connectivity index (χ3v) is 4.85. The van der Waals surface area contributed by atoms with Crippen molar-refractivity contribution < 1.29 is 4.42 Å². The van der Waals surface area contributed by atoms with Gasteiger partial charge >= 0.3 is 0 Å². The number of aryl methyl sites for hydroxylation is 3. The van der Waals surface area contributed by atoms with Crippen LogP contribution in [0.25, 0.3) is 11.0 Å². The SMILES string of the molecule is Cc1cc2cc(Br)cc(CCc3ccccc3C3=NCCN3)c2o1. The monoisotopic (exact) mass is 382 g/mol. The van der Waals surface area contributed by atoms with Gasteiger partial charge in [-0.2, -0.15) is 0 Å². The van der Waals surface area contributed by atoms with E-state index in [1.807, 2.05) is 6.92 Å². The Morgan fingerprint density at radius 3 is 2.79 bits per heavy atom. The maximum atomic E-state index is 5.92. The van der Waals surface area contributed by atoms with E-state index in [-0.39, 0.29) is 0 Å². The number of halogens is 1. The average molecular weight is 383 g/mol. The molecule has 0 fully saturated rings. The van der Waals surface area contributed by atoms with E-state index in [4.69, 9.17) is 4.42 Å². The number of nitrogens with one attached hydrogen (secondary N) is 1. The van der Waals surface area contributed by atoms with E-state index in [1.165, 1.54) is 16.7 Å². The average Bonchev–Trinajstić information content (AvgIpc) is 3.21. The topological polar surface area (TPSA) is 37.5 Å². The lowest BCUT2D eigenvalue weighted by atomic mass is 9.98. The maximum Gasteiger partial charge on any atom is 0.137 e. The van der Waals surface area contributed by atoms with Gasteiger partial charge in [0, 0.05) is 22.0 Å². The summed E-state index contributed by atoms with van der Waals surface area (Å²) >= 11 is 3.62. The Hall–Kier alpha value is -2.07. The van der Waals surface area contributed by atoms with Gasteiger partial charge in [0.2, 0.25) is 0 Å². The molecule has 122 valence electrons. The molecule has 0 atom stereocenters. The van der Waals surface area contributed by atoms with Crippen LogP contribution in [0.15, 0.2) is 56.3 Å². The Labute approximate surface area is 149 Å². The molecule has 1 N–H and O–H groups in total. The van der Waals surface area contributed by atoms with Gasteiger partial charge in [-0.25, -0.2) is 0 Å². The quantitative estimate of drug-likeness (QED) is 0.713. The second-order valence-electron chi connectivity index (χ2n) is 6.15. The smallest absolute Gasteiger partial charge is 0.137 e. The Bertz CT molecular complexity index is 927. The highest BCUT2D eigenvalue weighted by molar-refractivity contribution is 9.10. The fourth-order valence-corrected chi connectivity index (χ4v) is 3.84. The largest absolute Gasteiger partial charge is 0.461 e. The second kappa shape index (κ2) is 6.44. The fourth-order valence-electron chi connectivity index (χ4n) is 3.32.